The highest BCUT2D eigenvalue weighted by Crippen LogP contribution is 2.18. The molecule has 4 nitrogen and oxygen atoms in total. The molecule has 112 valence electrons. The molecule has 0 aromatic heterocycles. The third kappa shape index (κ3) is 6.70. The molecular weight excluding hydrogens is 254 g/mol. The first-order valence-corrected chi connectivity index (χ1v) is 6.94. The van der Waals surface area contributed by atoms with Gasteiger partial charge in [0.15, 0.2) is 0 Å². The Morgan fingerprint density at radius 3 is 2.80 bits per heavy atom. The van der Waals surface area contributed by atoms with E-state index in [9.17, 15) is 5.11 Å². The summed E-state index contributed by atoms with van der Waals surface area (Å²) in [5.41, 5.74) is 0.971. The summed E-state index contributed by atoms with van der Waals surface area (Å²) < 4.78 is 11.1. The smallest absolute Gasteiger partial charge is 0.125 e. The van der Waals surface area contributed by atoms with Crippen molar-refractivity contribution in [3.8, 4) is 5.75 Å². The van der Waals surface area contributed by atoms with Crippen molar-refractivity contribution in [1.29, 1.82) is 0 Å². The van der Waals surface area contributed by atoms with Crippen LogP contribution in [0.4, 0.5) is 0 Å². The number of aliphatic hydroxyl groups excluding tert-OH is 1. The molecule has 0 amide bonds. The van der Waals surface area contributed by atoms with Crippen LogP contribution in [0.3, 0.4) is 0 Å². The van der Waals surface area contributed by atoms with E-state index in [2.05, 4.69) is 11.9 Å². The molecule has 1 aromatic rings. The largest absolute Gasteiger partial charge is 0.489 e. The second kappa shape index (κ2) is 9.53. The fourth-order valence-electron chi connectivity index (χ4n) is 1.65. The number of rotatable bonds is 10. The number of hydrogen-bond donors (Lipinski definition) is 2. The summed E-state index contributed by atoms with van der Waals surface area (Å²) in [6.45, 7) is 9.44. The molecule has 0 saturated heterocycles. The molecule has 0 heterocycles. The van der Waals surface area contributed by atoms with Crippen LogP contribution in [0, 0.1) is 0 Å². The van der Waals surface area contributed by atoms with Crippen molar-refractivity contribution in [1.82, 2.24) is 5.32 Å². The molecule has 1 aromatic carbocycles. The van der Waals surface area contributed by atoms with Crippen LogP contribution in [0.25, 0.3) is 0 Å². The van der Waals surface area contributed by atoms with E-state index in [-0.39, 0.29) is 0 Å². The average molecular weight is 279 g/mol. The minimum absolute atomic E-state index is 0.301. The molecule has 20 heavy (non-hydrogen) atoms. The van der Waals surface area contributed by atoms with Gasteiger partial charge in [-0.15, -0.1) is 0 Å². The van der Waals surface area contributed by atoms with Gasteiger partial charge in [-0.3, -0.25) is 0 Å². The number of benzene rings is 1. The summed E-state index contributed by atoms with van der Waals surface area (Å²) in [4.78, 5) is 0. The third-order valence-corrected chi connectivity index (χ3v) is 2.66. The second-order valence-corrected chi connectivity index (χ2v) is 4.94. The fourth-order valence-corrected chi connectivity index (χ4v) is 1.65. The number of nitrogens with one attached hydrogen (secondary N) is 1. The summed E-state index contributed by atoms with van der Waals surface area (Å²) in [6, 6.07) is 8.08. The van der Waals surface area contributed by atoms with Gasteiger partial charge in [-0.1, -0.05) is 44.7 Å². The van der Waals surface area contributed by atoms with Gasteiger partial charge in [-0.05, 0) is 6.07 Å². The van der Waals surface area contributed by atoms with Crippen molar-refractivity contribution >= 4 is 0 Å². The maximum Gasteiger partial charge on any atom is 0.125 e. The van der Waals surface area contributed by atoms with Crippen LogP contribution in [0.1, 0.15) is 19.4 Å². The van der Waals surface area contributed by atoms with Gasteiger partial charge in [0, 0.05) is 18.2 Å². The molecule has 0 saturated carbocycles. The molecule has 0 aliphatic rings. The molecule has 1 atom stereocenters. The fraction of sp³-hybridized carbons (Fsp3) is 0.500. The van der Waals surface area contributed by atoms with E-state index in [1.807, 2.05) is 38.1 Å². The van der Waals surface area contributed by atoms with E-state index in [4.69, 9.17) is 9.47 Å². The van der Waals surface area contributed by atoms with E-state index in [0.29, 0.717) is 32.4 Å². The Labute approximate surface area is 121 Å². The lowest BCUT2D eigenvalue weighted by molar-refractivity contribution is 0.0273. The van der Waals surface area contributed by atoms with Gasteiger partial charge in [0.05, 0.1) is 19.3 Å². The first-order valence-electron chi connectivity index (χ1n) is 6.94. The van der Waals surface area contributed by atoms with Gasteiger partial charge in [0.2, 0.25) is 0 Å². The number of para-hydroxylation sites is 1. The predicted octanol–water partition coefficient (Wildman–Crippen LogP) is 2.13. The molecule has 0 bridgehead atoms. The molecule has 0 aliphatic heterocycles. The molecule has 2 N–H and O–H groups in total. The molecule has 1 rings (SSSR count). The monoisotopic (exact) mass is 279 g/mol. The first kappa shape index (κ1) is 16.7. The number of hydrogen-bond acceptors (Lipinski definition) is 4. The zero-order valence-electron chi connectivity index (χ0n) is 12.3. The van der Waals surface area contributed by atoms with Crippen molar-refractivity contribution in [3.63, 3.8) is 0 Å². The highest BCUT2D eigenvalue weighted by Gasteiger charge is 2.07. The van der Waals surface area contributed by atoms with Crippen LogP contribution < -0.4 is 10.1 Å². The highest BCUT2D eigenvalue weighted by molar-refractivity contribution is 5.32. The Morgan fingerprint density at radius 2 is 2.10 bits per heavy atom. The van der Waals surface area contributed by atoms with Gasteiger partial charge < -0.3 is 19.9 Å². The van der Waals surface area contributed by atoms with Crippen molar-refractivity contribution in [2.24, 2.45) is 0 Å². The van der Waals surface area contributed by atoms with Gasteiger partial charge in [0.1, 0.15) is 12.4 Å². The standard InChI is InChI=1S/C16H25NO3/c1-4-9-20-16-8-6-5-7-14(16)11-19-12-15(18)10-17-13(2)3/h4-8,13,15,17-18H,1,9-12H2,2-3H3. The molecule has 0 fully saturated rings. The van der Waals surface area contributed by atoms with E-state index in [1.165, 1.54) is 0 Å². The SMILES string of the molecule is C=CCOc1ccccc1COCC(O)CNC(C)C. The third-order valence-electron chi connectivity index (χ3n) is 2.66. The van der Waals surface area contributed by atoms with Crippen LogP contribution in [0.2, 0.25) is 0 Å². The van der Waals surface area contributed by atoms with Crippen LogP contribution in [0.5, 0.6) is 5.75 Å². The Balaban J connectivity index is 2.35. The van der Waals surface area contributed by atoms with Gasteiger partial charge >= 0.3 is 0 Å². The van der Waals surface area contributed by atoms with Crippen LogP contribution >= 0.6 is 0 Å². The topological polar surface area (TPSA) is 50.7 Å². The Kier molecular flexibility index (Phi) is 7.95. The Bertz CT molecular complexity index is 393. The van der Waals surface area contributed by atoms with Crippen molar-refractivity contribution in [2.45, 2.75) is 32.6 Å². The lowest BCUT2D eigenvalue weighted by Crippen LogP contribution is -2.34. The Morgan fingerprint density at radius 1 is 1.35 bits per heavy atom. The molecule has 0 radical (unpaired) electrons. The van der Waals surface area contributed by atoms with E-state index < -0.39 is 6.10 Å². The zero-order valence-corrected chi connectivity index (χ0v) is 12.3. The van der Waals surface area contributed by atoms with Crippen LogP contribution in [-0.4, -0.2) is 37.0 Å². The maximum absolute atomic E-state index is 9.75. The summed E-state index contributed by atoms with van der Waals surface area (Å²) >= 11 is 0. The normalized spacial score (nSPS) is 12.4. The lowest BCUT2D eigenvalue weighted by Gasteiger charge is -2.15. The maximum atomic E-state index is 9.75. The molecular formula is C16H25NO3. The summed E-state index contributed by atoms with van der Waals surface area (Å²) in [5, 5.41) is 12.9. The van der Waals surface area contributed by atoms with Crippen molar-refractivity contribution in [2.75, 3.05) is 19.8 Å². The van der Waals surface area contributed by atoms with Gasteiger partial charge in [0.25, 0.3) is 0 Å². The highest BCUT2D eigenvalue weighted by atomic mass is 16.5. The minimum atomic E-state index is -0.501. The molecule has 1 unspecified atom stereocenters. The van der Waals surface area contributed by atoms with Crippen LogP contribution in [-0.2, 0) is 11.3 Å². The van der Waals surface area contributed by atoms with Gasteiger partial charge in [-0.25, -0.2) is 0 Å². The van der Waals surface area contributed by atoms with E-state index in [0.717, 1.165) is 11.3 Å². The predicted molar refractivity (Wildman–Crippen MR) is 80.9 cm³/mol. The van der Waals surface area contributed by atoms with E-state index in [1.54, 1.807) is 6.08 Å². The summed E-state index contributed by atoms with van der Waals surface area (Å²) in [7, 11) is 0. The lowest BCUT2D eigenvalue weighted by atomic mass is 10.2. The van der Waals surface area contributed by atoms with Crippen molar-refractivity contribution < 1.29 is 14.6 Å². The molecule has 0 spiro atoms. The van der Waals surface area contributed by atoms with Crippen LogP contribution in [0.15, 0.2) is 36.9 Å². The van der Waals surface area contributed by atoms with E-state index >= 15 is 0 Å². The Hall–Kier alpha value is -1.36. The average Bonchev–Trinajstić information content (AvgIpc) is 2.44. The van der Waals surface area contributed by atoms with Gasteiger partial charge in [-0.2, -0.15) is 0 Å². The second-order valence-electron chi connectivity index (χ2n) is 4.94. The number of aliphatic hydroxyl groups is 1. The quantitative estimate of drug-likeness (QED) is 0.644. The summed E-state index contributed by atoms with van der Waals surface area (Å²) in [5.74, 6) is 0.794. The molecule has 0 aliphatic carbocycles. The molecule has 4 heteroatoms. The first-order chi connectivity index (χ1) is 9.63. The summed E-state index contributed by atoms with van der Waals surface area (Å²) in [6.07, 6.45) is 1.21. The number of ether oxygens (including phenoxy) is 2. The minimum Gasteiger partial charge on any atom is -0.489 e. The zero-order chi connectivity index (χ0) is 14.8. The van der Waals surface area contributed by atoms with Crippen molar-refractivity contribution in [3.05, 3.63) is 42.5 Å².